The number of ether oxygens (including phenoxy) is 1. The standard InChI is InChI=1S/C12H14BrNO3/c13-9-6-7(11(14)12(15)16)4-5-10(9)17-8-2-1-3-8/h4-6,8,11H,1-3,14H2,(H,15,16). The molecule has 5 heteroatoms. The smallest absolute Gasteiger partial charge is 0.325 e. The Morgan fingerprint density at radius 2 is 2.24 bits per heavy atom. The summed E-state index contributed by atoms with van der Waals surface area (Å²) in [6.45, 7) is 0. The van der Waals surface area contributed by atoms with Crippen LogP contribution in [-0.4, -0.2) is 17.2 Å². The second-order valence-electron chi connectivity index (χ2n) is 4.18. The van der Waals surface area contributed by atoms with E-state index in [4.69, 9.17) is 15.6 Å². The summed E-state index contributed by atoms with van der Waals surface area (Å²) < 4.78 is 6.49. The Morgan fingerprint density at radius 1 is 1.53 bits per heavy atom. The molecule has 2 rings (SSSR count). The molecule has 0 saturated heterocycles. The average Bonchev–Trinajstić information content (AvgIpc) is 2.23. The molecule has 0 aliphatic heterocycles. The fraction of sp³-hybridized carbons (Fsp3) is 0.417. The first-order valence-corrected chi connectivity index (χ1v) is 6.31. The Bertz CT molecular complexity index is 432. The van der Waals surface area contributed by atoms with Gasteiger partial charge in [0.2, 0.25) is 0 Å². The predicted octanol–water partition coefficient (Wildman–Crippen LogP) is 2.46. The number of nitrogens with two attached hydrogens (primary N) is 1. The van der Waals surface area contributed by atoms with Gasteiger partial charge >= 0.3 is 5.97 Å². The van der Waals surface area contributed by atoms with Crippen LogP contribution < -0.4 is 10.5 Å². The topological polar surface area (TPSA) is 72.6 Å². The first kappa shape index (κ1) is 12.4. The van der Waals surface area contributed by atoms with Crippen LogP contribution in [0.1, 0.15) is 30.9 Å². The summed E-state index contributed by atoms with van der Waals surface area (Å²) in [4.78, 5) is 10.8. The van der Waals surface area contributed by atoms with Crippen LogP contribution in [0.3, 0.4) is 0 Å². The van der Waals surface area contributed by atoms with E-state index >= 15 is 0 Å². The number of carboxylic acid groups (broad SMARTS) is 1. The van der Waals surface area contributed by atoms with Gasteiger partial charge in [-0.15, -0.1) is 0 Å². The summed E-state index contributed by atoms with van der Waals surface area (Å²) in [5, 5.41) is 8.82. The number of aliphatic carboxylic acids is 1. The molecule has 1 unspecified atom stereocenters. The lowest BCUT2D eigenvalue weighted by Crippen LogP contribution is -2.25. The van der Waals surface area contributed by atoms with Gasteiger partial charge in [0, 0.05) is 0 Å². The molecule has 0 amide bonds. The van der Waals surface area contributed by atoms with Gasteiger partial charge in [0.25, 0.3) is 0 Å². The number of benzene rings is 1. The fourth-order valence-corrected chi connectivity index (χ4v) is 2.11. The number of carbonyl (C=O) groups is 1. The Kier molecular flexibility index (Phi) is 3.69. The molecular formula is C12H14BrNO3. The molecule has 0 bridgehead atoms. The third-order valence-electron chi connectivity index (χ3n) is 2.93. The van der Waals surface area contributed by atoms with Gasteiger partial charge in [-0.3, -0.25) is 4.79 Å². The number of hydrogen-bond acceptors (Lipinski definition) is 3. The van der Waals surface area contributed by atoms with Crippen LogP contribution in [0.2, 0.25) is 0 Å². The lowest BCUT2D eigenvalue weighted by molar-refractivity contribution is -0.138. The minimum atomic E-state index is -1.04. The second kappa shape index (κ2) is 5.06. The van der Waals surface area contributed by atoms with Crippen molar-refractivity contribution in [1.29, 1.82) is 0 Å². The molecule has 17 heavy (non-hydrogen) atoms. The molecule has 1 aliphatic carbocycles. The van der Waals surface area contributed by atoms with Gasteiger partial charge in [-0.2, -0.15) is 0 Å². The highest BCUT2D eigenvalue weighted by molar-refractivity contribution is 9.10. The normalized spacial score (nSPS) is 17.3. The van der Waals surface area contributed by atoms with Gasteiger partial charge in [0.1, 0.15) is 11.8 Å². The Morgan fingerprint density at radius 3 is 2.71 bits per heavy atom. The molecule has 1 aliphatic rings. The fourth-order valence-electron chi connectivity index (χ4n) is 1.62. The molecule has 4 nitrogen and oxygen atoms in total. The molecule has 1 saturated carbocycles. The van der Waals surface area contributed by atoms with Crippen molar-refractivity contribution >= 4 is 21.9 Å². The number of rotatable bonds is 4. The van der Waals surface area contributed by atoms with Gasteiger partial charge in [-0.25, -0.2) is 0 Å². The lowest BCUT2D eigenvalue weighted by atomic mass is 9.96. The molecule has 1 atom stereocenters. The third-order valence-corrected chi connectivity index (χ3v) is 3.55. The molecule has 0 aromatic heterocycles. The largest absolute Gasteiger partial charge is 0.489 e. The Balaban J connectivity index is 2.13. The SMILES string of the molecule is NC(C(=O)O)c1ccc(OC2CCC2)c(Br)c1. The van der Waals surface area contributed by atoms with Crippen molar-refractivity contribution < 1.29 is 14.6 Å². The summed E-state index contributed by atoms with van der Waals surface area (Å²) >= 11 is 3.37. The van der Waals surface area contributed by atoms with Crippen molar-refractivity contribution in [2.75, 3.05) is 0 Å². The zero-order chi connectivity index (χ0) is 12.4. The van der Waals surface area contributed by atoms with E-state index < -0.39 is 12.0 Å². The van der Waals surface area contributed by atoms with Crippen molar-refractivity contribution in [2.45, 2.75) is 31.4 Å². The maximum Gasteiger partial charge on any atom is 0.325 e. The molecule has 3 N–H and O–H groups in total. The average molecular weight is 300 g/mol. The van der Waals surface area contributed by atoms with Crippen LogP contribution in [0.5, 0.6) is 5.75 Å². The van der Waals surface area contributed by atoms with Crippen molar-refractivity contribution in [3.8, 4) is 5.75 Å². The third kappa shape index (κ3) is 2.79. The van der Waals surface area contributed by atoms with Crippen LogP contribution in [-0.2, 0) is 4.79 Å². The van der Waals surface area contributed by atoms with E-state index in [-0.39, 0.29) is 0 Å². The Hall–Kier alpha value is -1.07. The number of hydrogen-bond donors (Lipinski definition) is 2. The van der Waals surface area contributed by atoms with E-state index in [0.29, 0.717) is 11.7 Å². The van der Waals surface area contributed by atoms with Crippen molar-refractivity contribution in [3.05, 3.63) is 28.2 Å². The number of carboxylic acids is 1. The predicted molar refractivity (Wildman–Crippen MR) is 67.0 cm³/mol. The molecule has 1 fully saturated rings. The molecular weight excluding hydrogens is 286 g/mol. The summed E-state index contributed by atoms with van der Waals surface area (Å²) in [5.74, 6) is -0.291. The van der Waals surface area contributed by atoms with Crippen LogP contribution in [0.15, 0.2) is 22.7 Å². The lowest BCUT2D eigenvalue weighted by Gasteiger charge is -2.27. The van der Waals surface area contributed by atoms with Crippen LogP contribution >= 0.6 is 15.9 Å². The summed E-state index contributed by atoms with van der Waals surface area (Å²) in [5.41, 5.74) is 6.09. The summed E-state index contributed by atoms with van der Waals surface area (Å²) in [6, 6.07) is 4.16. The van der Waals surface area contributed by atoms with E-state index in [1.165, 1.54) is 6.42 Å². The van der Waals surface area contributed by atoms with Crippen molar-refractivity contribution in [3.63, 3.8) is 0 Å². The van der Waals surface area contributed by atoms with Crippen LogP contribution in [0, 0.1) is 0 Å². The molecule has 0 radical (unpaired) electrons. The van der Waals surface area contributed by atoms with Gasteiger partial charge < -0.3 is 15.6 Å². The molecule has 1 aromatic carbocycles. The van der Waals surface area contributed by atoms with E-state index in [9.17, 15) is 4.79 Å². The molecule has 0 spiro atoms. The molecule has 0 heterocycles. The quantitative estimate of drug-likeness (QED) is 0.896. The number of halogens is 1. The zero-order valence-corrected chi connectivity index (χ0v) is 10.8. The first-order chi connectivity index (χ1) is 8.08. The van der Waals surface area contributed by atoms with Gasteiger partial charge in [0.05, 0.1) is 10.6 Å². The highest BCUT2D eigenvalue weighted by atomic mass is 79.9. The van der Waals surface area contributed by atoms with E-state index in [2.05, 4.69) is 15.9 Å². The van der Waals surface area contributed by atoms with Crippen molar-refractivity contribution in [1.82, 2.24) is 0 Å². The van der Waals surface area contributed by atoms with Crippen LogP contribution in [0.25, 0.3) is 0 Å². The maximum atomic E-state index is 10.8. The highest BCUT2D eigenvalue weighted by Crippen LogP contribution is 2.32. The first-order valence-electron chi connectivity index (χ1n) is 5.52. The minimum Gasteiger partial charge on any atom is -0.489 e. The molecule has 92 valence electrons. The second-order valence-corrected chi connectivity index (χ2v) is 5.03. The maximum absolute atomic E-state index is 10.8. The van der Waals surface area contributed by atoms with Gasteiger partial charge in [-0.1, -0.05) is 6.07 Å². The molecule has 1 aromatic rings. The van der Waals surface area contributed by atoms with E-state index in [1.54, 1.807) is 18.2 Å². The summed E-state index contributed by atoms with van der Waals surface area (Å²) in [7, 11) is 0. The summed E-state index contributed by atoms with van der Waals surface area (Å²) in [6.07, 6.45) is 3.68. The van der Waals surface area contributed by atoms with Crippen LogP contribution in [0.4, 0.5) is 0 Å². The minimum absolute atomic E-state index is 0.297. The van der Waals surface area contributed by atoms with Crippen molar-refractivity contribution in [2.24, 2.45) is 5.73 Å². The van der Waals surface area contributed by atoms with Gasteiger partial charge in [0.15, 0.2) is 0 Å². The monoisotopic (exact) mass is 299 g/mol. The Labute approximate surface area is 108 Å². The highest BCUT2D eigenvalue weighted by Gasteiger charge is 2.21. The van der Waals surface area contributed by atoms with E-state index in [1.807, 2.05) is 0 Å². The zero-order valence-electron chi connectivity index (χ0n) is 9.23. The van der Waals surface area contributed by atoms with E-state index in [0.717, 1.165) is 23.1 Å². The van der Waals surface area contributed by atoms with Gasteiger partial charge in [-0.05, 0) is 52.9 Å².